The standard InChI is InChI=1S/C14H12Cl2/c1-9-3-4-11(7-10(9)2)13-6-5-12(15)8-14(13)16/h3-8H,1-2H3. The first-order valence-corrected chi connectivity index (χ1v) is 5.86. The molecule has 2 aromatic rings. The van der Waals surface area contributed by atoms with E-state index in [1.165, 1.54) is 11.1 Å². The van der Waals surface area contributed by atoms with E-state index in [4.69, 9.17) is 23.2 Å². The lowest BCUT2D eigenvalue weighted by molar-refractivity contribution is 1.34. The minimum Gasteiger partial charge on any atom is -0.0843 e. The molecule has 0 fully saturated rings. The van der Waals surface area contributed by atoms with Crippen molar-refractivity contribution in [3.63, 3.8) is 0 Å². The number of halogens is 2. The lowest BCUT2D eigenvalue weighted by atomic mass is 10.0. The van der Waals surface area contributed by atoms with Gasteiger partial charge in [-0.3, -0.25) is 0 Å². The molecule has 0 saturated heterocycles. The summed E-state index contributed by atoms with van der Waals surface area (Å²) in [6.45, 7) is 4.20. The van der Waals surface area contributed by atoms with Gasteiger partial charge >= 0.3 is 0 Å². The van der Waals surface area contributed by atoms with Crippen LogP contribution >= 0.6 is 23.2 Å². The molecule has 2 aromatic carbocycles. The van der Waals surface area contributed by atoms with E-state index in [1.54, 1.807) is 6.07 Å². The van der Waals surface area contributed by atoms with Gasteiger partial charge in [-0.05, 0) is 42.7 Å². The molecule has 0 radical (unpaired) electrons. The van der Waals surface area contributed by atoms with Crippen molar-refractivity contribution in [3.05, 3.63) is 57.6 Å². The van der Waals surface area contributed by atoms with Crippen molar-refractivity contribution < 1.29 is 0 Å². The first kappa shape index (κ1) is 11.5. The maximum absolute atomic E-state index is 6.17. The van der Waals surface area contributed by atoms with Crippen LogP contribution in [0.25, 0.3) is 11.1 Å². The minimum atomic E-state index is 0.664. The highest BCUT2D eigenvalue weighted by Crippen LogP contribution is 2.31. The summed E-state index contributed by atoms with van der Waals surface area (Å²) in [5.74, 6) is 0. The van der Waals surface area contributed by atoms with Crippen molar-refractivity contribution in [1.29, 1.82) is 0 Å². The molecule has 2 rings (SSSR count). The van der Waals surface area contributed by atoms with Crippen molar-refractivity contribution in [2.24, 2.45) is 0 Å². The summed E-state index contributed by atoms with van der Waals surface area (Å²) < 4.78 is 0. The number of aryl methyl sites for hydroxylation is 2. The summed E-state index contributed by atoms with van der Waals surface area (Å²) in [6.07, 6.45) is 0. The van der Waals surface area contributed by atoms with E-state index in [-0.39, 0.29) is 0 Å². The van der Waals surface area contributed by atoms with Gasteiger partial charge in [0.1, 0.15) is 0 Å². The van der Waals surface area contributed by atoms with E-state index in [0.29, 0.717) is 10.0 Å². The molecule has 0 nitrogen and oxygen atoms in total. The number of hydrogen-bond donors (Lipinski definition) is 0. The van der Waals surface area contributed by atoms with Gasteiger partial charge in [-0.1, -0.05) is 47.5 Å². The molecule has 0 N–H and O–H groups in total. The summed E-state index contributed by atoms with van der Waals surface area (Å²) in [6, 6.07) is 11.9. The largest absolute Gasteiger partial charge is 0.0843 e. The van der Waals surface area contributed by atoms with Gasteiger partial charge in [-0.15, -0.1) is 0 Å². The molecule has 82 valence electrons. The topological polar surface area (TPSA) is 0 Å². The average Bonchev–Trinajstić information content (AvgIpc) is 2.22. The first-order valence-electron chi connectivity index (χ1n) is 5.10. The van der Waals surface area contributed by atoms with Gasteiger partial charge in [0.25, 0.3) is 0 Å². The van der Waals surface area contributed by atoms with E-state index < -0.39 is 0 Å². The molecule has 0 atom stereocenters. The van der Waals surface area contributed by atoms with E-state index >= 15 is 0 Å². The maximum atomic E-state index is 6.17. The monoisotopic (exact) mass is 250 g/mol. The molecule has 0 aliphatic carbocycles. The van der Waals surface area contributed by atoms with Gasteiger partial charge in [0, 0.05) is 15.6 Å². The van der Waals surface area contributed by atoms with E-state index in [9.17, 15) is 0 Å². The van der Waals surface area contributed by atoms with Crippen LogP contribution in [-0.2, 0) is 0 Å². The minimum absolute atomic E-state index is 0.664. The fourth-order valence-electron chi connectivity index (χ4n) is 1.63. The number of rotatable bonds is 1. The normalized spacial score (nSPS) is 10.5. The molecule has 0 aliphatic rings. The Bertz CT molecular complexity index is 530. The van der Waals surface area contributed by atoms with Crippen molar-refractivity contribution in [2.75, 3.05) is 0 Å². The summed E-state index contributed by atoms with van der Waals surface area (Å²) >= 11 is 12.0. The SMILES string of the molecule is Cc1ccc(-c2ccc(Cl)cc2Cl)cc1C. The Hall–Kier alpha value is -0.980. The van der Waals surface area contributed by atoms with Crippen LogP contribution in [0, 0.1) is 13.8 Å². The van der Waals surface area contributed by atoms with Crippen LogP contribution < -0.4 is 0 Å². The third-order valence-corrected chi connectivity index (χ3v) is 3.30. The average molecular weight is 251 g/mol. The Kier molecular flexibility index (Phi) is 3.22. The van der Waals surface area contributed by atoms with Crippen molar-refractivity contribution in [1.82, 2.24) is 0 Å². The van der Waals surface area contributed by atoms with Crippen LogP contribution in [0.1, 0.15) is 11.1 Å². The predicted molar refractivity (Wildman–Crippen MR) is 71.4 cm³/mol. The molecule has 0 aromatic heterocycles. The molecule has 2 heteroatoms. The first-order chi connectivity index (χ1) is 7.58. The second kappa shape index (κ2) is 4.48. The highest BCUT2D eigenvalue weighted by molar-refractivity contribution is 6.36. The zero-order valence-electron chi connectivity index (χ0n) is 9.22. The van der Waals surface area contributed by atoms with Gasteiger partial charge in [-0.2, -0.15) is 0 Å². The Morgan fingerprint density at radius 3 is 2.19 bits per heavy atom. The van der Waals surface area contributed by atoms with Gasteiger partial charge in [-0.25, -0.2) is 0 Å². The van der Waals surface area contributed by atoms with Crippen LogP contribution in [0.2, 0.25) is 10.0 Å². The van der Waals surface area contributed by atoms with Crippen LogP contribution in [0.5, 0.6) is 0 Å². The summed E-state index contributed by atoms with van der Waals surface area (Å²) in [7, 11) is 0. The smallest absolute Gasteiger partial charge is 0.0499 e. The highest BCUT2D eigenvalue weighted by Gasteiger charge is 2.05. The van der Waals surface area contributed by atoms with Crippen LogP contribution in [-0.4, -0.2) is 0 Å². The van der Waals surface area contributed by atoms with E-state index in [1.807, 2.05) is 12.1 Å². The molecule has 16 heavy (non-hydrogen) atoms. The molecular formula is C14H12Cl2. The second-order valence-electron chi connectivity index (χ2n) is 3.92. The Morgan fingerprint density at radius 1 is 0.812 bits per heavy atom. The second-order valence-corrected chi connectivity index (χ2v) is 4.77. The molecule has 0 unspecified atom stereocenters. The highest BCUT2D eigenvalue weighted by atomic mass is 35.5. The van der Waals surface area contributed by atoms with Crippen molar-refractivity contribution in [3.8, 4) is 11.1 Å². The molecule has 0 saturated carbocycles. The summed E-state index contributed by atoms with van der Waals surface area (Å²) in [5, 5.41) is 1.35. The van der Waals surface area contributed by atoms with Crippen molar-refractivity contribution >= 4 is 23.2 Å². The Balaban J connectivity index is 2.54. The van der Waals surface area contributed by atoms with Gasteiger partial charge < -0.3 is 0 Å². The van der Waals surface area contributed by atoms with Gasteiger partial charge in [0.2, 0.25) is 0 Å². The van der Waals surface area contributed by atoms with Gasteiger partial charge in [0.15, 0.2) is 0 Å². The predicted octanol–water partition coefficient (Wildman–Crippen LogP) is 5.28. The number of hydrogen-bond acceptors (Lipinski definition) is 0. The molecular weight excluding hydrogens is 239 g/mol. The lowest BCUT2D eigenvalue weighted by Crippen LogP contribution is -1.84. The fraction of sp³-hybridized carbons (Fsp3) is 0.143. The van der Waals surface area contributed by atoms with E-state index in [0.717, 1.165) is 11.1 Å². The molecule has 0 aliphatic heterocycles. The van der Waals surface area contributed by atoms with E-state index in [2.05, 4.69) is 32.0 Å². The molecule has 0 bridgehead atoms. The van der Waals surface area contributed by atoms with Crippen LogP contribution in [0.3, 0.4) is 0 Å². The third kappa shape index (κ3) is 2.23. The quantitative estimate of drug-likeness (QED) is 0.647. The zero-order chi connectivity index (χ0) is 11.7. The summed E-state index contributed by atoms with van der Waals surface area (Å²) in [4.78, 5) is 0. The summed E-state index contributed by atoms with van der Waals surface area (Å²) in [5.41, 5.74) is 4.70. The number of benzene rings is 2. The zero-order valence-corrected chi connectivity index (χ0v) is 10.7. The third-order valence-electron chi connectivity index (χ3n) is 2.75. The fourth-order valence-corrected chi connectivity index (χ4v) is 2.15. The van der Waals surface area contributed by atoms with Crippen LogP contribution in [0.15, 0.2) is 36.4 Å². The van der Waals surface area contributed by atoms with Crippen LogP contribution in [0.4, 0.5) is 0 Å². The molecule has 0 spiro atoms. The Morgan fingerprint density at radius 2 is 1.56 bits per heavy atom. The Labute approximate surface area is 106 Å². The molecule has 0 amide bonds. The van der Waals surface area contributed by atoms with Crippen molar-refractivity contribution in [2.45, 2.75) is 13.8 Å². The lowest BCUT2D eigenvalue weighted by Gasteiger charge is -2.07. The maximum Gasteiger partial charge on any atom is 0.0499 e. The van der Waals surface area contributed by atoms with Gasteiger partial charge in [0.05, 0.1) is 0 Å². The molecule has 0 heterocycles.